The Morgan fingerprint density at radius 3 is 2.74 bits per heavy atom. The highest BCUT2D eigenvalue weighted by Crippen LogP contribution is 2.24. The lowest BCUT2D eigenvalue weighted by Gasteiger charge is -2.06. The van der Waals surface area contributed by atoms with Gasteiger partial charge in [0.05, 0.1) is 39.9 Å². The van der Waals surface area contributed by atoms with E-state index in [2.05, 4.69) is 25.6 Å². The van der Waals surface area contributed by atoms with Crippen LogP contribution in [0.15, 0.2) is 45.4 Å². The number of carbonyl (C=O) groups is 1. The zero-order valence-corrected chi connectivity index (χ0v) is 19.1. The molecule has 0 saturated carbocycles. The fourth-order valence-electron chi connectivity index (χ4n) is 3.09. The number of hydrogen-bond acceptors (Lipinski definition) is 8. The van der Waals surface area contributed by atoms with Crippen molar-refractivity contribution in [2.45, 2.75) is 38.8 Å². The molecule has 160 valence electrons. The van der Waals surface area contributed by atoms with Crippen LogP contribution < -0.4 is 5.32 Å². The van der Waals surface area contributed by atoms with Gasteiger partial charge < -0.3 is 9.73 Å². The van der Waals surface area contributed by atoms with E-state index in [1.165, 1.54) is 11.8 Å². The molecule has 10 heteroatoms. The van der Waals surface area contributed by atoms with Gasteiger partial charge in [0, 0.05) is 17.6 Å². The van der Waals surface area contributed by atoms with Gasteiger partial charge in [-0.25, -0.2) is 9.67 Å². The van der Waals surface area contributed by atoms with Gasteiger partial charge in [0.2, 0.25) is 11.8 Å². The number of hydrogen-bond donors (Lipinski definition) is 1. The molecule has 1 aromatic carbocycles. The van der Waals surface area contributed by atoms with Gasteiger partial charge in [-0.3, -0.25) is 4.79 Å². The van der Waals surface area contributed by atoms with Crippen LogP contribution in [0.5, 0.6) is 0 Å². The van der Waals surface area contributed by atoms with E-state index in [0.29, 0.717) is 29.7 Å². The van der Waals surface area contributed by atoms with Gasteiger partial charge in [0.25, 0.3) is 5.22 Å². The Morgan fingerprint density at radius 2 is 2.00 bits per heavy atom. The smallest absolute Gasteiger partial charge is 0.276 e. The molecule has 0 spiro atoms. The second-order valence-corrected chi connectivity index (χ2v) is 9.04. The highest BCUT2D eigenvalue weighted by atomic mass is 32.2. The van der Waals surface area contributed by atoms with Crippen molar-refractivity contribution in [2.24, 2.45) is 0 Å². The fraction of sp³-hybridized carbons (Fsp3) is 0.286. The monoisotopic (exact) mass is 454 g/mol. The van der Waals surface area contributed by atoms with E-state index in [1.807, 2.05) is 61.2 Å². The number of para-hydroxylation sites is 1. The van der Waals surface area contributed by atoms with Crippen LogP contribution in [-0.2, 0) is 11.2 Å². The predicted molar refractivity (Wildman–Crippen MR) is 121 cm³/mol. The summed E-state index contributed by atoms with van der Waals surface area (Å²) >= 11 is 2.96. The standard InChI is InChI=1S/C21H22N6O2S2/c1-13-20(14(2)27(26-13)17-7-5-4-6-8-17)23-18(28)9-10-30-21-25-24-19(29-21)11-16-12-31-15(3)22-16/h4-8,12H,9-11H2,1-3H3,(H,23,28). The average Bonchev–Trinajstić information content (AvgIpc) is 3.45. The first-order valence-corrected chi connectivity index (χ1v) is 11.6. The van der Waals surface area contributed by atoms with Crippen molar-refractivity contribution in [1.29, 1.82) is 0 Å². The topological polar surface area (TPSA) is 98.7 Å². The van der Waals surface area contributed by atoms with Crippen molar-refractivity contribution < 1.29 is 9.21 Å². The quantitative estimate of drug-likeness (QED) is 0.395. The van der Waals surface area contributed by atoms with E-state index in [9.17, 15) is 4.79 Å². The van der Waals surface area contributed by atoms with Gasteiger partial charge in [-0.05, 0) is 32.9 Å². The molecule has 0 saturated heterocycles. The SMILES string of the molecule is Cc1nc(Cc2nnc(SCCC(=O)Nc3c(C)nn(-c4ccccc4)c3C)o2)cs1. The molecule has 1 N–H and O–H groups in total. The van der Waals surface area contributed by atoms with E-state index in [4.69, 9.17) is 4.42 Å². The van der Waals surface area contributed by atoms with Crippen LogP contribution in [0.2, 0.25) is 0 Å². The summed E-state index contributed by atoms with van der Waals surface area (Å²) in [7, 11) is 0. The van der Waals surface area contributed by atoms with Crippen molar-refractivity contribution in [1.82, 2.24) is 25.0 Å². The molecule has 0 atom stereocenters. The number of anilines is 1. The number of aryl methyl sites for hydroxylation is 2. The minimum Gasteiger partial charge on any atom is -0.416 e. The van der Waals surface area contributed by atoms with Crippen molar-refractivity contribution >= 4 is 34.7 Å². The van der Waals surface area contributed by atoms with Gasteiger partial charge in [-0.1, -0.05) is 30.0 Å². The maximum Gasteiger partial charge on any atom is 0.276 e. The van der Waals surface area contributed by atoms with E-state index < -0.39 is 0 Å². The number of amides is 1. The molecule has 3 aromatic heterocycles. The van der Waals surface area contributed by atoms with Gasteiger partial charge >= 0.3 is 0 Å². The number of thioether (sulfide) groups is 1. The fourth-order valence-corrected chi connectivity index (χ4v) is 4.42. The Balaban J connectivity index is 1.30. The van der Waals surface area contributed by atoms with E-state index >= 15 is 0 Å². The van der Waals surface area contributed by atoms with Gasteiger partial charge in [0.1, 0.15) is 0 Å². The van der Waals surface area contributed by atoms with Crippen molar-refractivity contribution in [2.75, 3.05) is 11.1 Å². The molecule has 4 rings (SSSR count). The first kappa shape index (κ1) is 21.3. The maximum atomic E-state index is 12.5. The van der Waals surface area contributed by atoms with Crippen LogP contribution in [-0.4, -0.2) is 36.6 Å². The molecule has 31 heavy (non-hydrogen) atoms. The second kappa shape index (κ2) is 9.44. The lowest BCUT2D eigenvalue weighted by molar-refractivity contribution is -0.115. The molecule has 3 heterocycles. The van der Waals surface area contributed by atoms with Gasteiger partial charge in [-0.2, -0.15) is 5.10 Å². The number of thiazole rings is 1. The third-order valence-electron chi connectivity index (χ3n) is 4.56. The maximum absolute atomic E-state index is 12.5. The van der Waals surface area contributed by atoms with Crippen LogP contribution in [0.25, 0.3) is 5.69 Å². The third-order valence-corrected chi connectivity index (χ3v) is 6.20. The van der Waals surface area contributed by atoms with E-state index in [-0.39, 0.29) is 5.91 Å². The lowest BCUT2D eigenvalue weighted by Crippen LogP contribution is -2.13. The predicted octanol–water partition coefficient (Wildman–Crippen LogP) is 4.35. The van der Waals surface area contributed by atoms with Crippen LogP contribution >= 0.6 is 23.1 Å². The molecular formula is C21H22N6O2S2. The summed E-state index contributed by atoms with van der Waals surface area (Å²) in [6, 6.07) is 9.85. The largest absolute Gasteiger partial charge is 0.416 e. The summed E-state index contributed by atoms with van der Waals surface area (Å²) in [5.41, 5.74) is 4.30. The van der Waals surface area contributed by atoms with Crippen LogP contribution in [0.1, 0.15) is 34.4 Å². The summed E-state index contributed by atoms with van der Waals surface area (Å²) < 4.78 is 7.48. The number of aromatic nitrogens is 5. The molecule has 0 aliphatic rings. The summed E-state index contributed by atoms with van der Waals surface area (Å²) in [6.07, 6.45) is 0.839. The Bertz CT molecular complexity index is 1180. The zero-order chi connectivity index (χ0) is 21.8. The molecule has 0 aliphatic heterocycles. The minimum absolute atomic E-state index is 0.0796. The number of rotatable bonds is 8. The summed E-state index contributed by atoms with van der Waals surface area (Å²) in [5, 5.41) is 19.1. The van der Waals surface area contributed by atoms with E-state index in [0.717, 1.165) is 33.5 Å². The molecular weight excluding hydrogens is 432 g/mol. The summed E-state index contributed by atoms with van der Waals surface area (Å²) in [4.78, 5) is 16.9. The minimum atomic E-state index is -0.0796. The van der Waals surface area contributed by atoms with Crippen LogP contribution in [0, 0.1) is 20.8 Å². The zero-order valence-electron chi connectivity index (χ0n) is 17.5. The van der Waals surface area contributed by atoms with Crippen LogP contribution in [0.4, 0.5) is 5.69 Å². The highest BCUT2D eigenvalue weighted by molar-refractivity contribution is 7.99. The number of benzene rings is 1. The summed E-state index contributed by atoms with van der Waals surface area (Å²) in [5.74, 6) is 0.981. The van der Waals surface area contributed by atoms with Crippen molar-refractivity contribution in [3.05, 3.63) is 63.7 Å². The Labute approximate surface area is 188 Å². The lowest BCUT2D eigenvalue weighted by atomic mass is 10.3. The second-order valence-electron chi connectivity index (χ2n) is 6.94. The average molecular weight is 455 g/mol. The number of nitrogens with one attached hydrogen (secondary N) is 1. The van der Waals surface area contributed by atoms with Crippen molar-refractivity contribution in [3.8, 4) is 5.69 Å². The normalized spacial score (nSPS) is 11.1. The molecule has 0 unspecified atom stereocenters. The molecule has 8 nitrogen and oxygen atoms in total. The molecule has 4 aromatic rings. The van der Waals surface area contributed by atoms with Crippen LogP contribution in [0.3, 0.4) is 0 Å². The molecule has 0 aliphatic carbocycles. The van der Waals surface area contributed by atoms with Gasteiger partial charge in [0.15, 0.2) is 0 Å². The van der Waals surface area contributed by atoms with Crippen molar-refractivity contribution in [3.63, 3.8) is 0 Å². The Kier molecular flexibility index (Phi) is 6.47. The first-order chi connectivity index (χ1) is 15.0. The first-order valence-electron chi connectivity index (χ1n) is 9.77. The molecule has 0 radical (unpaired) electrons. The molecule has 0 fully saturated rings. The molecule has 1 amide bonds. The Morgan fingerprint density at radius 1 is 1.19 bits per heavy atom. The number of carbonyl (C=O) groups excluding carboxylic acids is 1. The van der Waals surface area contributed by atoms with E-state index in [1.54, 1.807) is 11.3 Å². The third kappa shape index (κ3) is 5.20. The number of nitrogens with zero attached hydrogens (tertiary/aromatic N) is 5. The van der Waals surface area contributed by atoms with Gasteiger partial charge in [-0.15, -0.1) is 21.5 Å². The summed E-state index contributed by atoms with van der Waals surface area (Å²) in [6.45, 7) is 5.80. The highest BCUT2D eigenvalue weighted by Gasteiger charge is 2.16. The molecule has 0 bridgehead atoms. The Hall–Kier alpha value is -2.98.